The molecule has 1 fully saturated rings. The molecule has 2 unspecified atom stereocenters. The Morgan fingerprint density at radius 2 is 2.15 bits per heavy atom. The first-order valence-electron chi connectivity index (χ1n) is 8.90. The SMILES string of the molecule is COC1(c2ncc(F)cc2C2CCCC(=O)N2)C=C(C#N)C(=O)C(C)(C)C1. The van der Waals surface area contributed by atoms with Gasteiger partial charge in [-0.1, -0.05) is 13.8 Å². The second-order valence-corrected chi connectivity index (χ2v) is 7.76. The number of ketones is 1. The molecule has 3 rings (SSSR count). The fourth-order valence-electron chi connectivity index (χ4n) is 4.03. The first-order valence-corrected chi connectivity index (χ1v) is 8.90. The number of halogens is 1. The molecule has 0 bridgehead atoms. The third-order valence-corrected chi connectivity index (χ3v) is 5.32. The van der Waals surface area contributed by atoms with E-state index in [0.29, 0.717) is 30.5 Å². The van der Waals surface area contributed by atoms with E-state index in [2.05, 4.69) is 10.3 Å². The van der Waals surface area contributed by atoms with E-state index in [1.165, 1.54) is 19.3 Å². The fraction of sp³-hybridized carbons (Fsp3) is 0.500. The van der Waals surface area contributed by atoms with Gasteiger partial charge in [-0.2, -0.15) is 5.26 Å². The Morgan fingerprint density at radius 3 is 2.78 bits per heavy atom. The molecule has 1 aliphatic carbocycles. The highest BCUT2D eigenvalue weighted by Gasteiger charge is 2.48. The number of Topliss-reactive ketones (excluding diaryl/α,β-unsaturated/α-hetero) is 1. The summed E-state index contributed by atoms with van der Waals surface area (Å²) in [5, 5.41) is 12.3. The number of rotatable bonds is 3. The van der Waals surface area contributed by atoms with Crippen LogP contribution in [-0.2, 0) is 19.9 Å². The zero-order valence-electron chi connectivity index (χ0n) is 15.6. The van der Waals surface area contributed by atoms with Gasteiger partial charge >= 0.3 is 0 Å². The van der Waals surface area contributed by atoms with Crippen LogP contribution in [0, 0.1) is 22.6 Å². The highest BCUT2D eigenvalue weighted by atomic mass is 19.1. The number of hydrogen-bond donors (Lipinski definition) is 1. The molecule has 7 heteroatoms. The van der Waals surface area contributed by atoms with Crippen LogP contribution in [0.25, 0.3) is 0 Å². The highest BCUT2D eigenvalue weighted by Crippen LogP contribution is 2.46. The number of aromatic nitrogens is 1. The number of nitrogens with one attached hydrogen (secondary N) is 1. The van der Waals surface area contributed by atoms with Gasteiger partial charge in [-0.3, -0.25) is 14.6 Å². The van der Waals surface area contributed by atoms with Crippen LogP contribution < -0.4 is 5.32 Å². The van der Waals surface area contributed by atoms with Crippen LogP contribution >= 0.6 is 0 Å². The minimum absolute atomic E-state index is 0.00199. The highest BCUT2D eigenvalue weighted by molar-refractivity contribution is 6.04. The maximum atomic E-state index is 14.0. The molecule has 2 aliphatic rings. The lowest BCUT2D eigenvalue weighted by Crippen LogP contribution is -2.44. The van der Waals surface area contributed by atoms with E-state index in [1.54, 1.807) is 13.8 Å². The lowest BCUT2D eigenvalue weighted by atomic mass is 9.68. The van der Waals surface area contributed by atoms with Crippen molar-refractivity contribution in [2.75, 3.05) is 7.11 Å². The van der Waals surface area contributed by atoms with Gasteiger partial charge in [0.1, 0.15) is 17.5 Å². The standard InChI is InChI=1S/C20H22FN3O3/c1-19(2)11-20(27-3,8-12(9-22)18(19)26)17-14(7-13(21)10-23-17)15-5-4-6-16(25)24-15/h7-8,10,15H,4-6,11H2,1-3H3,(H,24,25). The number of amides is 1. The Kier molecular flexibility index (Phi) is 4.87. The quantitative estimate of drug-likeness (QED) is 0.882. The van der Waals surface area contributed by atoms with Crippen molar-refractivity contribution in [3.8, 4) is 6.07 Å². The molecule has 2 heterocycles. The smallest absolute Gasteiger partial charge is 0.220 e. The molecule has 27 heavy (non-hydrogen) atoms. The monoisotopic (exact) mass is 371 g/mol. The molecular weight excluding hydrogens is 349 g/mol. The van der Waals surface area contributed by atoms with E-state index in [0.717, 1.165) is 6.20 Å². The van der Waals surface area contributed by atoms with E-state index in [4.69, 9.17) is 4.74 Å². The van der Waals surface area contributed by atoms with Crippen LogP contribution in [0.1, 0.15) is 56.8 Å². The van der Waals surface area contributed by atoms with Gasteiger partial charge in [0.2, 0.25) is 5.91 Å². The van der Waals surface area contributed by atoms with Crippen LogP contribution in [0.5, 0.6) is 0 Å². The van der Waals surface area contributed by atoms with Crippen molar-refractivity contribution in [3.05, 3.63) is 41.0 Å². The first kappa shape index (κ1) is 19.2. The Labute approximate surface area is 157 Å². The van der Waals surface area contributed by atoms with E-state index < -0.39 is 22.9 Å². The van der Waals surface area contributed by atoms with Crippen LogP contribution in [0.15, 0.2) is 23.9 Å². The number of nitriles is 1. The predicted molar refractivity (Wildman–Crippen MR) is 94.7 cm³/mol. The molecule has 1 amide bonds. The average molecular weight is 371 g/mol. The zero-order chi connectivity index (χ0) is 19.8. The van der Waals surface area contributed by atoms with Crippen LogP contribution in [0.4, 0.5) is 4.39 Å². The Morgan fingerprint density at radius 1 is 1.41 bits per heavy atom. The van der Waals surface area contributed by atoms with Gasteiger partial charge in [-0.25, -0.2) is 4.39 Å². The lowest BCUT2D eigenvalue weighted by Gasteiger charge is -2.41. The van der Waals surface area contributed by atoms with Crippen LogP contribution in [0.3, 0.4) is 0 Å². The number of allylic oxidation sites excluding steroid dienone is 1. The minimum Gasteiger partial charge on any atom is -0.368 e. The van der Waals surface area contributed by atoms with Gasteiger partial charge in [0.15, 0.2) is 5.78 Å². The fourth-order valence-corrected chi connectivity index (χ4v) is 4.03. The molecule has 0 aromatic carbocycles. The van der Waals surface area contributed by atoms with Crippen LogP contribution in [-0.4, -0.2) is 23.8 Å². The number of piperidine rings is 1. The van der Waals surface area contributed by atoms with Crippen molar-refractivity contribution in [2.24, 2.45) is 5.41 Å². The third-order valence-electron chi connectivity index (χ3n) is 5.32. The number of pyridine rings is 1. The molecule has 1 aliphatic heterocycles. The molecule has 0 radical (unpaired) electrons. The zero-order valence-corrected chi connectivity index (χ0v) is 15.6. The maximum Gasteiger partial charge on any atom is 0.220 e. The van der Waals surface area contributed by atoms with Crippen molar-refractivity contribution < 1.29 is 18.7 Å². The number of hydrogen-bond acceptors (Lipinski definition) is 5. The van der Waals surface area contributed by atoms with Crippen molar-refractivity contribution in [3.63, 3.8) is 0 Å². The van der Waals surface area contributed by atoms with Crippen LogP contribution in [0.2, 0.25) is 0 Å². The topological polar surface area (TPSA) is 92.1 Å². The van der Waals surface area contributed by atoms with Gasteiger partial charge < -0.3 is 10.1 Å². The van der Waals surface area contributed by atoms with Crippen molar-refractivity contribution >= 4 is 11.7 Å². The maximum absolute atomic E-state index is 14.0. The summed E-state index contributed by atoms with van der Waals surface area (Å²) in [6, 6.07) is 2.90. The van der Waals surface area contributed by atoms with E-state index >= 15 is 0 Å². The first-order chi connectivity index (χ1) is 12.7. The summed E-state index contributed by atoms with van der Waals surface area (Å²) >= 11 is 0. The average Bonchev–Trinajstić information content (AvgIpc) is 2.64. The number of carbonyl (C=O) groups is 2. The third kappa shape index (κ3) is 3.37. The molecule has 0 saturated carbocycles. The summed E-state index contributed by atoms with van der Waals surface area (Å²) in [4.78, 5) is 28.7. The summed E-state index contributed by atoms with van der Waals surface area (Å²) in [6.45, 7) is 3.50. The number of ether oxygens (including phenoxy) is 1. The van der Waals surface area contributed by atoms with Gasteiger partial charge in [0, 0.05) is 24.5 Å². The summed E-state index contributed by atoms with van der Waals surface area (Å²) < 4.78 is 19.8. The Bertz CT molecular complexity index is 872. The molecule has 1 saturated heterocycles. The van der Waals surface area contributed by atoms with Crippen molar-refractivity contribution in [2.45, 2.75) is 51.2 Å². The van der Waals surface area contributed by atoms with Crippen molar-refractivity contribution in [1.82, 2.24) is 10.3 Å². The molecule has 2 atom stereocenters. The Balaban J connectivity index is 2.19. The summed E-state index contributed by atoms with van der Waals surface area (Å²) in [5.74, 6) is -0.872. The molecule has 142 valence electrons. The van der Waals surface area contributed by atoms with Gasteiger partial charge in [0.05, 0.1) is 23.5 Å². The molecule has 1 N–H and O–H groups in total. The summed E-state index contributed by atoms with van der Waals surface area (Å²) in [6.07, 6.45) is 4.61. The van der Waals surface area contributed by atoms with Crippen molar-refractivity contribution in [1.29, 1.82) is 5.26 Å². The van der Waals surface area contributed by atoms with Gasteiger partial charge in [-0.05, 0) is 31.4 Å². The second kappa shape index (κ2) is 6.86. The molecule has 0 spiro atoms. The predicted octanol–water partition coefficient (Wildman–Crippen LogP) is 2.85. The summed E-state index contributed by atoms with van der Waals surface area (Å²) in [7, 11) is 1.48. The largest absolute Gasteiger partial charge is 0.368 e. The molecule has 6 nitrogen and oxygen atoms in total. The van der Waals surface area contributed by atoms with E-state index in [-0.39, 0.29) is 23.7 Å². The second-order valence-electron chi connectivity index (χ2n) is 7.76. The van der Waals surface area contributed by atoms with E-state index in [1.807, 2.05) is 6.07 Å². The normalized spacial score (nSPS) is 27.5. The molecule has 1 aromatic rings. The number of carbonyl (C=O) groups excluding carboxylic acids is 2. The molecular formula is C20H22FN3O3. The Hall–Kier alpha value is -2.59. The number of nitrogens with zero attached hydrogens (tertiary/aromatic N) is 2. The van der Waals surface area contributed by atoms with E-state index in [9.17, 15) is 19.2 Å². The minimum atomic E-state index is -1.16. The van der Waals surface area contributed by atoms with Gasteiger partial charge in [0.25, 0.3) is 0 Å². The molecule has 1 aromatic heterocycles. The summed E-state index contributed by atoms with van der Waals surface area (Å²) in [5.41, 5.74) is -1.07. The lowest BCUT2D eigenvalue weighted by molar-refractivity contribution is -0.128. The van der Waals surface area contributed by atoms with Gasteiger partial charge in [-0.15, -0.1) is 0 Å². The number of methoxy groups -OCH3 is 1.